The van der Waals surface area contributed by atoms with Gasteiger partial charge in [0.2, 0.25) is 11.9 Å². The lowest BCUT2D eigenvalue weighted by Gasteiger charge is -2.12. The van der Waals surface area contributed by atoms with Crippen LogP contribution in [0.5, 0.6) is 0 Å². The number of aromatic nitrogens is 2. The number of Topliss-reactive ketones (excluding diaryl/α,β-unsaturated/α-hetero) is 1. The highest BCUT2D eigenvalue weighted by molar-refractivity contribution is 7.14. The first-order valence-corrected chi connectivity index (χ1v) is 16.5. The molecule has 2 heterocycles. The van der Waals surface area contributed by atoms with Crippen molar-refractivity contribution in [3.8, 4) is 5.69 Å². The highest BCUT2D eigenvalue weighted by Gasteiger charge is 2.19. The van der Waals surface area contributed by atoms with Gasteiger partial charge in [-0.25, -0.2) is 9.37 Å². The summed E-state index contributed by atoms with van der Waals surface area (Å²) in [5.74, 6) is -0.227. The standard InChI is InChI=1S/C35H42FN5O5S/c1-4-33(43)38-27-10-7-11-28(22-27)41-30-13-12-26(23-37-16-8-18-46-20-19-45-17-6-5-9-24(2)42)21-29(30)39-35(41)40-34(44)32-15-14-31(47-32)25(3)36/h4,7,10-15,21-22,25,37H,1,5-6,8-9,16-20,23H2,2-3H3,(H,38,43)(H,39,40,44). The summed E-state index contributed by atoms with van der Waals surface area (Å²) in [4.78, 5) is 41.7. The first kappa shape index (κ1) is 35.6. The van der Waals surface area contributed by atoms with Gasteiger partial charge in [0.15, 0.2) is 0 Å². The molecule has 250 valence electrons. The second kappa shape index (κ2) is 18.2. The Morgan fingerprint density at radius 3 is 2.51 bits per heavy atom. The van der Waals surface area contributed by atoms with Crippen molar-refractivity contribution in [1.29, 1.82) is 0 Å². The molecule has 4 aromatic rings. The molecule has 47 heavy (non-hydrogen) atoms. The van der Waals surface area contributed by atoms with E-state index in [0.717, 1.165) is 48.2 Å². The highest BCUT2D eigenvalue weighted by Crippen LogP contribution is 2.29. The summed E-state index contributed by atoms with van der Waals surface area (Å²) < 4.78 is 26.8. The Hall–Kier alpha value is -4.23. The van der Waals surface area contributed by atoms with Crippen molar-refractivity contribution < 1.29 is 28.2 Å². The van der Waals surface area contributed by atoms with Crippen LogP contribution in [-0.2, 0) is 25.6 Å². The Balaban J connectivity index is 1.38. The van der Waals surface area contributed by atoms with Gasteiger partial charge in [0.25, 0.3) is 5.91 Å². The van der Waals surface area contributed by atoms with E-state index >= 15 is 0 Å². The Morgan fingerprint density at radius 2 is 1.79 bits per heavy atom. The normalized spacial score (nSPS) is 11.8. The highest BCUT2D eigenvalue weighted by atomic mass is 32.1. The molecule has 12 heteroatoms. The second-order valence-corrected chi connectivity index (χ2v) is 12.1. The molecule has 2 amide bonds. The van der Waals surface area contributed by atoms with Gasteiger partial charge in [0.1, 0.15) is 12.0 Å². The van der Waals surface area contributed by atoms with Crippen LogP contribution in [0.3, 0.4) is 0 Å². The Labute approximate surface area is 278 Å². The fourth-order valence-electron chi connectivity index (χ4n) is 4.78. The van der Waals surface area contributed by atoms with Crippen molar-refractivity contribution in [2.75, 3.05) is 43.6 Å². The van der Waals surface area contributed by atoms with Crippen LogP contribution in [0, 0.1) is 0 Å². The third kappa shape index (κ3) is 10.9. The molecule has 1 unspecified atom stereocenters. The number of halogens is 1. The molecule has 0 spiro atoms. The summed E-state index contributed by atoms with van der Waals surface area (Å²) in [5, 5.41) is 9.10. The van der Waals surface area contributed by atoms with Gasteiger partial charge in [-0.2, -0.15) is 0 Å². The monoisotopic (exact) mass is 663 g/mol. The van der Waals surface area contributed by atoms with Gasteiger partial charge in [-0.05, 0) is 93.8 Å². The molecule has 0 saturated heterocycles. The molecule has 0 aliphatic rings. The average Bonchev–Trinajstić information content (AvgIpc) is 3.68. The minimum atomic E-state index is -1.17. The van der Waals surface area contributed by atoms with Crippen molar-refractivity contribution in [2.45, 2.75) is 52.2 Å². The van der Waals surface area contributed by atoms with E-state index in [0.29, 0.717) is 72.0 Å². The molecule has 0 fully saturated rings. The number of carbonyl (C=O) groups excluding carboxylic acids is 3. The number of carbonyl (C=O) groups is 3. The van der Waals surface area contributed by atoms with Gasteiger partial charge in [0.05, 0.1) is 34.8 Å². The van der Waals surface area contributed by atoms with Gasteiger partial charge in [-0.1, -0.05) is 18.7 Å². The second-order valence-electron chi connectivity index (χ2n) is 11.0. The zero-order chi connectivity index (χ0) is 33.6. The number of unbranched alkanes of at least 4 members (excludes halogenated alkanes) is 1. The summed E-state index contributed by atoms with van der Waals surface area (Å²) in [6.45, 7) is 10.3. The number of hydrogen-bond donors (Lipinski definition) is 3. The molecule has 2 aromatic heterocycles. The van der Waals surface area contributed by atoms with E-state index in [2.05, 4.69) is 22.5 Å². The van der Waals surface area contributed by atoms with E-state index in [1.54, 1.807) is 37.3 Å². The van der Waals surface area contributed by atoms with Gasteiger partial charge < -0.3 is 24.9 Å². The summed E-state index contributed by atoms with van der Waals surface area (Å²) in [7, 11) is 0. The maximum absolute atomic E-state index is 13.8. The van der Waals surface area contributed by atoms with Crippen molar-refractivity contribution in [3.05, 3.63) is 82.6 Å². The van der Waals surface area contributed by atoms with Gasteiger partial charge in [-0.3, -0.25) is 19.5 Å². The largest absolute Gasteiger partial charge is 0.379 e. The molecule has 2 aromatic carbocycles. The van der Waals surface area contributed by atoms with E-state index in [1.807, 2.05) is 28.8 Å². The molecule has 0 radical (unpaired) electrons. The summed E-state index contributed by atoms with van der Waals surface area (Å²) in [5.41, 5.74) is 3.69. The van der Waals surface area contributed by atoms with Crippen molar-refractivity contribution in [1.82, 2.24) is 14.9 Å². The SMILES string of the molecule is C=CC(=O)Nc1cccc(-n2c(NC(=O)c3ccc(C(C)F)s3)nc3cc(CNCCCOCCOCCCCC(C)=O)ccc32)c1. The molecule has 0 aliphatic carbocycles. The van der Waals surface area contributed by atoms with E-state index < -0.39 is 12.1 Å². The van der Waals surface area contributed by atoms with Gasteiger partial charge in [0, 0.05) is 36.7 Å². The number of amides is 2. The fraction of sp³-hybridized carbons (Fsp3) is 0.371. The minimum Gasteiger partial charge on any atom is -0.379 e. The third-order valence-electron chi connectivity index (χ3n) is 7.16. The third-order valence-corrected chi connectivity index (χ3v) is 8.39. The van der Waals surface area contributed by atoms with Crippen LogP contribution in [0.1, 0.15) is 65.8 Å². The molecule has 3 N–H and O–H groups in total. The zero-order valence-corrected chi connectivity index (χ0v) is 27.7. The van der Waals surface area contributed by atoms with Crippen LogP contribution >= 0.6 is 11.3 Å². The number of nitrogens with zero attached hydrogens (tertiary/aromatic N) is 2. The molecule has 4 rings (SSSR count). The van der Waals surface area contributed by atoms with Crippen molar-refractivity contribution in [3.63, 3.8) is 0 Å². The average molecular weight is 664 g/mol. The quantitative estimate of drug-likeness (QED) is 0.0705. The number of thiophene rings is 1. The van der Waals surface area contributed by atoms with Gasteiger partial charge in [-0.15, -0.1) is 11.3 Å². The van der Waals surface area contributed by atoms with E-state index in [9.17, 15) is 18.8 Å². The van der Waals surface area contributed by atoms with Crippen LogP contribution in [0.25, 0.3) is 16.7 Å². The number of imidazole rings is 1. The number of ketones is 1. The topological polar surface area (TPSA) is 124 Å². The number of alkyl halides is 1. The van der Waals surface area contributed by atoms with E-state index in [1.165, 1.54) is 13.0 Å². The fourth-order valence-corrected chi connectivity index (χ4v) is 5.61. The molecule has 10 nitrogen and oxygen atoms in total. The zero-order valence-electron chi connectivity index (χ0n) is 26.9. The number of ether oxygens (including phenoxy) is 2. The minimum absolute atomic E-state index is 0.212. The predicted octanol–water partition coefficient (Wildman–Crippen LogP) is 6.77. The number of hydrogen-bond acceptors (Lipinski definition) is 8. The Bertz CT molecular complexity index is 1670. The van der Waals surface area contributed by atoms with Crippen molar-refractivity contribution in [2.24, 2.45) is 0 Å². The maximum atomic E-state index is 13.8. The van der Waals surface area contributed by atoms with E-state index in [4.69, 9.17) is 14.5 Å². The van der Waals surface area contributed by atoms with Crippen LogP contribution in [0.15, 0.2) is 67.3 Å². The number of nitrogens with one attached hydrogen (secondary N) is 3. The Kier molecular flexibility index (Phi) is 13.8. The van der Waals surface area contributed by atoms with Crippen LogP contribution in [0.4, 0.5) is 16.0 Å². The summed E-state index contributed by atoms with van der Waals surface area (Å²) >= 11 is 1.10. The molecule has 0 bridgehead atoms. The lowest BCUT2D eigenvalue weighted by atomic mass is 10.2. The first-order valence-electron chi connectivity index (χ1n) is 15.7. The van der Waals surface area contributed by atoms with Gasteiger partial charge >= 0.3 is 0 Å². The lowest BCUT2D eigenvalue weighted by Crippen LogP contribution is -2.17. The van der Waals surface area contributed by atoms with E-state index in [-0.39, 0.29) is 11.7 Å². The lowest BCUT2D eigenvalue weighted by molar-refractivity contribution is -0.117. The first-order chi connectivity index (χ1) is 22.7. The number of rotatable bonds is 20. The summed E-state index contributed by atoms with van der Waals surface area (Å²) in [6.07, 6.45) is 3.22. The smallest absolute Gasteiger partial charge is 0.268 e. The number of benzene rings is 2. The summed E-state index contributed by atoms with van der Waals surface area (Å²) in [6, 6.07) is 16.3. The number of anilines is 2. The molecule has 0 aliphatic heterocycles. The van der Waals surface area contributed by atoms with Crippen LogP contribution in [0.2, 0.25) is 0 Å². The maximum Gasteiger partial charge on any atom is 0.268 e. The Morgan fingerprint density at radius 1 is 1.00 bits per heavy atom. The van der Waals surface area contributed by atoms with Crippen LogP contribution in [-0.4, -0.2) is 60.1 Å². The predicted molar refractivity (Wildman–Crippen MR) is 184 cm³/mol. The molecular formula is C35H42FN5O5S. The molecule has 0 saturated carbocycles. The van der Waals surface area contributed by atoms with Crippen LogP contribution < -0.4 is 16.0 Å². The number of fused-ring (bicyclic) bond motifs is 1. The van der Waals surface area contributed by atoms with Crippen molar-refractivity contribution >= 4 is 51.6 Å². The molecular weight excluding hydrogens is 621 g/mol. The molecule has 1 atom stereocenters.